The SMILES string of the molecule is COC(=O)C(C)CN1CC2CCC1CC2. The van der Waals surface area contributed by atoms with Gasteiger partial charge in [0.05, 0.1) is 13.0 Å². The number of rotatable bonds is 3. The monoisotopic (exact) mass is 211 g/mol. The third kappa shape index (κ3) is 2.33. The molecule has 0 aromatic heterocycles. The summed E-state index contributed by atoms with van der Waals surface area (Å²) in [5.41, 5.74) is 0. The molecule has 3 aliphatic rings. The quantitative estimate of drug-likeness (QED) is 0.665. The number of methoxy groups -OCH3 is 1. The summed E-state index contributed by atoms with van der Waals surface area (Å²) in [6.07, 6.45) is 5.46. The van der Waals surface area contributed by atoms with Crippen LogP contribution in [0.25, 0.3) is 0 Å². The van der Waals surface area contributed by atoms with E-state index in [0.717, 1.165) is 18.5 Å². The van der Waals surface area contributed by atoms with Gasteiger partial charge in [0.2, 0.25) is 0 Å². The van der Waals surface area contributed by atoms with Gasteiger partial charge in [-0.1, -0.05) is 6.92 Å². The van der Waals surface area contributed by atoms with Gasteiger partial charge in [0.25, 0.3) is 0 Å². The predicted octanol–water partition coefficient (Wildman–Crippen LogP) is 1.67. The van der Waals surface area contributed by atoms with E-state index >= 15 is 0 Å². The maximum atomic E-state index is 11.3. The lowest BCUT2D eigenvalue weighted by atomic mass is 9.79. The Kier molecular flexibility index (Phi) is 3.29. The van der Waals surface area contributed by atoms with Crippen LogP contribution in [0.3, 0.4) is 0 Å². The minimum absolute atomic E-state index is 0.0225. The van der Waals surface area contributed by atoms with E-state index in [9.17, 15) is 4.79 Å². The average molecular weight is 211 g/mol. The Morgan fingerprint density at radius 1 is 1.40 bits per heavy atom. The van der Waals surface area contributed by atoms with Crippen molar-refractivity contribution in [3.8, 4) is 0 Å². The standard InChI is InChI=1S/C12H21NO2/c1-9(12(14)15-2)7-13-8-10-3-5-11(13)6-4-10/h9-11H,3-8H2,1-2H3. The second kappa shape index (κ2) is 4.52. The van der Waals surface area contributed by atoms with Crippen molar-refractivity contribution < 1.29 is 9.53 Å². The predicted molar refractivity (Wildman–Crippen MR) is 58.5 cm³/mol. The lowest BCUT2D eigenvalue weighted by molar-refractivity contribution is -0.146. The smallest absolute Gasteiger partial charge is 0.309 e. The van der Waals surface area contributed by atoms with Gasteiger partial charge in [0.1, 0.15) is 0 Å². The van der Waals surface area contributed by atoms with E-state index in [1.54, 1.807) is 0 Å². The molecule has 1 unspecified atom stereocenters. The van der Waals surface area contributed by atoms with Crippen molar-refractivity contribution in [1.29, 1.82) is 0 Å². The summed E-state index contributed by atoms with van der Waals surface area (Å²) < 4.78 is 4.77. The molecule has 3 rings (SSSR count). The molecule has 15 heavy (non-hydrogen) atoms. The normalized spacial score (nSPS) is 32.7. The number of nitrogens with zero attached hydrogens (tertiary/aromatic N) is 1. The third-order valence-corrected chi connectivity index (χ3v) is 3.94. The summed E-state index contributed by atoms with van der Waals surface area (Å²) in [6, 6.07) is 0.738. The van der Waals surface area contributed by atoms with Crippen LogP contribution in [0.5, 0.6) is 0 Å². The summed E-state index contributed by atoms with van der Waals surface area (Å²) >= 11 is 0. The van der Waals surface area contributed by atoms with Crippen molar-refractivity contribution >= 4 is 5.97 Å². The molecule has 3 nitrogen and oxygen atoms in total. The first-order valence-corrected chi connectivity index (χ1v) is 6.02. The molecule has 86 valence electrons. The Hall–Kier alpha value is -0.570. The van der Waals surface area contributed by atoms with E-state index in [0.29, 0.717) is 0 Å². The van der Waals surface area contributed by atoms with E-state index in [-0.39, 0.29) is 11.9 Å². The first kappa shape index (κ1) is 10.9. The zero-order chi connectivity index (χ0) is 10.8. The minimum atomic E-state index is -0.0727. The van der Waals surface area contributed by atoms with Crippen LogP contribution in [-0.4, -0.2) is 37.1 Å². The number of hydrogen-bond donors (Lipinski definition) is 0. The highest BCUT2D eigenvalue weighted by Crippen LogP contribution is 2.35. The average Bonchev–Trinajstić information content (AvgIpc) is 2.29. The fraction of sp³-hybridized carbons (Fsp3) is 0.917. The van der Waals surface area contributed by atoms with Gasteiger partial charge >= 0.3 is 5.97 Å². The van der Waals surface area contributed by atoms with Crippen LogP contribution in [-0.2, 0) is 9.53 Å². The van der Waals surface area contributed by atoms with Crippen LogP contribution in [0.15, 0.2) is 0 Å². The zero-order valence-corrected chi connectivity index (χ0v) is 9.74. The van der Waals surface area contributed by atoms with E-state index < -0.39 is 0 Å². The number of ether oxygens (including phenoxy) is 1. The van der Waals surface area contributed by atoms with Crippen LogP contribution in [0.2, 0.25) is 0 Å². The van der Waals surface area contributed by atoms with Crippen LogP contribution in [0.4, 0.5) is 0 Å². The topological polar surface area (TPSA) is 29.5 Å². The molecule has 0 N–H and O–H groups in total. The molecule has 2 saturated heterocycles. The first-order chi connectivity index (χ1) is 7.20. The molecular formula is C12H21NO2. The molecule has 2 bridgehead atoms. The second-order valence-corrected chi connectivity index (χ2v) is 5.05. The largest absolute Gasteiger partial charge is 0.469 e. The number of hydrogen-bond acceptors (Lipinski definition) is 3. The van der Waals surface area contributed by atoms with Crippen molar-refractivity contribution in [3.05, 3.63) is 0 Å². The number of fused-ring (bicyclic) bond motifs is 3. The Bertz CT molecular complexity index is 234. The summed E-state index contributed by atoms with van der Waals surface area (Å²) in [5.74, 6) is 0.839. The molecule has 0 radical (unpaired) electrons. The van der Waals surface area contributed by atoms with E-state index in [1.807, 2.05) is 6.92 Å². The number of esters is 1. The molecule has 3 fully saturated rings. The highest BCUT2D eigenvalue weighted by Gasteiger charge is 2.34. The maximum Gasteiger partial charge on any atom is 0.309 e. The van der Waals surface area contributed by atoms with Crippen LogP contribution in [0.1, 0.15) is 32.6 Å². The minimum Gasteiger partial charge on any atom is -0.469 e. The lowest BCUT2D eigenvalue weighted by Gasteiger charge is -2.46. The van der Waals surface area contributed by atoms with Crippen molar-refractivity contribution in [2.45, 2.75) is 38.6 Å². The van der Waals surface area contributed by atoms with E-state index in [1.165, 1.54) is 39.3 Å². The van der Waals surface area contributed by atoms with Crippen LogP contribution in [0, 0.1) is 11.8 Å². The maximum absolute atomic E-state index is 11.3. The lowest BCUT2D eigenvalue weighted by Crippen LogP contribution is -2.50. The van der Waals surface area contributed by atoms with Crippen molar-refractivity contribution in [2.24, 2.45) is 11.8 Å². The number of carbonyl (C=O) groups excluding carboxylic acids is 1. The van der Waals surface area contributed by atoms with Crippen molar-refractivity contribution in [2.75, 3.05) is 20.2 Å². The van der Waals surface area contributed by atoms with Gasteiger partial charge in [-0.25, -0.2) is 0 Å². The van der Waals surface area contributed by atoms with Crippen LogP contribution >= 0.6 is 0 Å². The Morgan fingerprint density at radius 3 is 2.53 bits per heavy atom. The van der Waals surface area contributed by atoms with Gasteiger partial charge in [-0.15, -0.1) is 0 Å². The van der Waals surface area contributed by atoms with Crippen molar-refractivity contribution in [1.82, 2.24) is 4.90 Å². The Morgan fingerprint density at radius 2 is 2.07 bits per heavy atom. The van der Waals surface area contributed by atoms with Gasteiger partial charge in [0.15, 0.2) is 0 Å². The summed E-state index contributed by atoms with van der Waals surface area (Å²) in [4.78, 5) is 13.8. The van der Waals surface area contributed by atoms with Gasteiger partial charge in [-0.05, 0) is 31.6 Å². The van der Waals surface area contributed by atoms with E-state index in [4.69, 9.17) is 4.74 Å². The summed E-state index contributed by atoms with van der Waals surface area (Å²) in [7, 11) is 1.47. The molecule has 0 aromatic rings. The van der Waals surface area contributed by atoms with Gasteiger partial charge in [-0.2, -0.15) is 0 Å². The van der Waals surface area contributed by atoms with Gasteiger partial charge < -0.3 is 4.74 Å². The molecule has 2 heterocycles. The molecule has 1 atom stereocenters. The van der Waals surface area contributed by atoms with E-state index in [2.05, 4.69) is 4.90 Å². The third-order valence-electron chi connectivity index (χ3n) is 3.94. The first-order valence-electron chi connectivity index (χ1n) is 6.02. The van der Waals surface area contributed by atoms with Crippen molar-refractivity contribution in [3.63, 3.8) is 0 Å². The molecule has 0 amide bonds. The zero-order valence-electron chi connectivity index (χ0n) is 9.74. The highest BCUT2D eigenvalue weighted by molar-refractivity contribution is 5.72. The number of carbonyl (C=O) groups is 1. The molecule has 2 aliphatic heterocycles. The Balaban J connectivity index is 1.87. The molecule has 3 heteroatoms. The van der Waals surface area contributed by atoms with Gasteiger partial charge in [0, 0.05) is 19.1 Å². The summed E-state index contributed by atoms with van der Waals surface area (Å²) in [5, 5.41) is 0. The fourth-order valence-electron chi connectivity index (χ4n) is 3.02. The fourth-order valence-corrected chi connectivity index (χ4v) is 3.02. The molecule has 1 saturated carbocycles. The van der Waals surface area contributed by atoms with Gasteiger partial charge in [-0.3, -0.25) is 9.69 Å². The van der Waals surface area contributed by atoms with Crippen LogP contribution < -0.4 is 0 Å². The molecule has 0 spiro atoms. The highest BCUT2D eigenvalue weighted by atomic mass is 16.5. The molecule has 0 aromatic carbocycles. The summed E-state index contributed by atoms with van der Waals surface area (Å²) in [6.45, 7) is 4.05. The molecular weight excluding hydrogens is 190 g/mol. The number of piperidine rings is 2. The Labute approximate surface area is 91.8 Å². The molecule has 1 aliphatic carbocycles. The second-order valence-electron chi connectivity index (χ2n) is 5.05.